The molecular weight excluding hydrogens is 248 g/mol. The molecule has 0 aromatic heterocycles. The van der Waals surface area contributed by atoms with Gasteiger partial charge in [-0.15, -0.1) is 0 Å². The lowest BCUT2D eigenvalue weighted by atomic mass is 9.92. The van der Waals surface area contributed by atoms with Crippen molar-refractivity contribution in [1.82, 2.24) is 5.32 Å². The Morgan fingerprint density at radius 1 is 1.42 bits per heavy atom. The van der Waals surface area contributed by atoms with Gasteiger partial charge in [-0.25, -0.2) is 0 Å². The van der Waals surface area contributed by atoms with Crippen LogP contribution in [0.5, 0.6) is 5.75 Å². The van der Waals surface area contributed by atoms with Crippen LogP contribution in [0.15, 0.2) is 18.2 Å². The fraction of sp³-hybridized carbons (Fsp3) is 0.462. The number of amides is 1. The topological polar surface area (TPSA) is 92.5 Å². The van der Waals surface area contributed by atoms with Crippen molar-refractivity contribution in [2.45, 2.75) is 27.2 Å². The maximum Gasteiger partial charge on any atom is 0.282 e. The first-order valence-electron chi connectivity index (χ1n) is 5.96. The lowest BCUT2D eigenvalue weighted by Crippen LogP contribution is -2.27. The lowest BCUT2D eigenvalue weighted by Gasteiger charge is -2.18. The summed E-state index contributed by atoms with van der Waals surface area (Å²) in [4.78, 5) is 22.1. The van der Waals surface area contributed by atoms with Crippen molar-refractivity contribution in [2.75, 3.05) is 6.54 Å². The molecule has 0 aliphatic rings. The van der Waals surface area contributed by atoms with Crippen LogP contribution in [0.1, 0.15) is 37.6 Å². The Morgan fingerprint density at radius 2 is 2.05 bits per heavy atom. The Hall–Kier alpha value is -2.11. The minimum atomic E-state index is -0.641. The van der Waals surface area contributed by atoms with Gasteiger partial charge in [-0.05, 0) is 24.0 Å². The number of nitrogens with zero attached hydrogens (tertiary/aromatic N) is 1. The van der Waals surface area contributed by atoms with E-state index in [4.69, 9.17) is 0 Å². The maximum atomic E-state index is 11.9. The average Bonchev–Trinajstić information content (AvgIpc) is 2.26. The molecule has 0 unspecified atom stereocenters. The number of rotatable bonds is 4. The second-order valence-corrected chi connectivity index (χ2v) is 5.53. The van der Waals surface area contributed by atoms with Crippen molar-refractivity contribution < 1.29 is 14.8 Å². The van der Waals surface area contributed by atoms with E-state index >= 15 is 0 Å². The highest BCUT2D eigenvalue weighted by Crippen LogP contribution is 2.23. The molecule has 0 aliphatic carbocycles. The average molecular weight is 266 g/mol. The molecule has 19 heavy (non-hydrogen) atoms. The summed E-state index contributed by atoms with van der Waals surface area (Å²) in [7, 11) is 0. The molecule has 2 N–H and O–H groups in total. The first-order chi connectivity index (χ1) is 8.70. The fourth-order valence-electron chi connectivity index (χ4n) is 1.51. The number of aromatic hydroxyl groups is 1. The molecule has 0 radical (unpaired) electrons. The number of phenolic OH excluding ortho intramolecular Hbond substituents is 1. The van der Waals surface area contributed by atoms with E-state index in [2.05, 4.69) is 5.32 Å². The molecule has 1 rings (SSSR count). The molecule has 0 saturated carbocycles. The van der Waals surface area contributed by atoms with Crippen LogP contribution < -0.4 is 5.32 Å². The Kier molecular flexibility index (Phi) is 4.47. The van der Waals surface area contributed by atoms with Gasteiger partial charge in [0.05, 0.1) is 4.92 Å². The van der Waals surface area contributed by atoms with Crippen LogP contribution in [-0.2, 0) is 0 Å². The number of hydrogen-bond donors (Lipinski definition) is 2. The summed E-state index contributed by atoms with van der Waals surface area (Å²) < 4.78 is 0. The Bertz CT molecular complexity index is 492. The van der Waals surface area contributed by atoms with Crippen molar-refractivity contribution in [1.29, 1.82) is 0 Å². The van der Waals surface area contributed by atoms with E-state index in [1.165, 1.54) is 6.07 Å². The fourth-order valence-corrected chi connectivity index (χ4v) is 1.51. The smallest absolute Gasteiger partial charge is 0.282 e. The largest absolute Gasteiger partial charge is 0.508 e. The number of hydrogen-bond acceptors (Lipinski definition) is 4. The summed E-state index contributed by atoms with van der Waals surface area (Å²) in [6, 6.07) is 3.41. The summed E-state index contributed by atoms with van der Waals surface area (Å²) in [6.07, 6.45) is 0.755. The highest BCUT2D eigenvalue weighted by Gasteiger charge is 2.21. The van der Waals surface area contributed by atoms with E-state index in [1.807, 2.05) is 20.8 Å². The monoisotopic (exact) mass is 266 g/mol. The molecule has 104 valence electrons. The number of benzene rings is 1. The molecule has 0 fully saturated rings. The highest BCUT2D eigenvalue weighted by atomic mass is 16.6. The third kappa shape index (κ3) is 4.57. The van der Waals surface area contributed by atoms with E-state index < -0.39 is 10.8 Å². The van der Waals surface area contributed by atoms with E-state index in [-0.39, 0.29) is 22.4 Å². The molecule has 1 amide bonds. The van der Waals surface area contributed by atoms with Crippen LogP contribution in [0.2, 0.25) is 0 Å². The van der Waals surface area contributed by atoms with E-state index in [9.17, 15) is 20.0 Å². The third-order valence-electron chi connectivity index (χ3n) is 2.58. The van der Waals surface area contributed by atoms with Gasteiger partial charge in [-0.3, -0.25) is 14.9 Å². The maximum absolute atomic E-state index is 11.9. The van der Waals surface area contributed by atoms with Gasteiger partial charge in [0.25, 0.3) is 11.6 Å². The molecule has 1 aromatic carbocycles. The van der Waals surface area contributed by atoms with Crippen LogP contribution in [0.4, 0.5) is 5.69 Å². The highest BCUT2D eigenvalue weighted by molar-refractivity contribution is 5.98. The third-order valence-corrected chi connectivity index (χ3v) is 2.58. The van der Waals surface area contributed by atoms with Crippen LogP contribution >= 0.6 is 0 Å². The normalized spacial score (nSPS) is 11.1. The van der Waals surface area contributed by atoms with Crippen LogP contribution in [0.3, 0.4) is 0 Å². The summed E-state index contributed by atoms with van der Waals surface area (Å²) in [5, 5.41) is 22.8. The van der Waals surface area contributed by atoms with Crippen molar-refractivity contribution in [3.63, 3.8) is 0 Å². The van der Waals surface area contributed by atoms with Crippen molar-refractivity contribution in [3.05, 3.63) is 33.9 Å². The number of nitrogens with one attached hydrogen (secondary N) is 1. The Morgan fingerprint density at radius 3 is 2.58 bits per heavy atom. The Labute approximate surface area is 111 Å². The summed E-state index contributed by atoms with van der Waals surface area (Å²) in [5.74, 6) is -0.724. The molecule has 6 heteroatoms. The van der Waals surface area contributed by atoms with Crippen LogP contribution in [-0.4, -0.2) is 22.5 Å². The molecular formula is C13H18N2O4. The zero-order valence-corrected chi connectivity index (χ0v) is 11.3. The standard InChI is InChI=1S/C13H18N2O4/c1-13(2,3)6-7-14-12(17)10-8-9(16)4-5-11(10)15(18)19/h4-5,8,16H,6-7H2,1-3H3,(H,14,17). The minimum Gasteiger partial charge on any atom is -0.508 e. The molecule has 6 nitrogen and oxygen atoms in total. The SMILES string of the molecule is CC(C)(C)CCNC(=O)c1cc(O)ccc1[N+](=O)[O-]. The van der Waals surface area contributed by atoms with Gasteiger partial charge < -0.3 is 10.4 Å². The summed E-state index contributed by atoms with van der Waals surface area (Å²) in [6.45, 7) is 6.54. The van der Waals surface area contributed by atoms with Gasteiger partial charge in [-0.2, -0.15) is 0 Å². The molecule has 0 spiro atoms. The Balaban J connectivity index is 2.81. The molecule has 1 aromatic rings. The minimum absolute atomic E-state index is 0.0675. The van der Waals surface area contributed by atoms with Crippen molar-refractivity contribution >= 4 is 11.6 Å². The predicted octanol–water partition coefficient (Wildman–Crippen LogP) is 2.47. The molecule has 0 saturated heterocycles. The van der Waals surface area contributed by atoms with Gasteiger partial charge in [0.15, 0.2) is 0 Å². The predicted molar refractivity (Wildman–Crippen MR) is 71.2 cm³/mol. The van der Waals surface area contributed by atoms with Gasteiger partial charge in [0.1, 0.15) is 11.3 Å². The number of phenols is 1. The number of carbonyl (C=O) groups excluding carboxylic acids is 1. The zero-order chi connectivity index (χ0) is 14.6. The first kappa shape index (κ1) is 14.9. The number of nitro groups is 1. The second-order valence-electron chi connectivity index (χ2n) is 5.53. The first-order valence-corrected chi connectivity index (χ1v) is 5.96. The summed E-state index contributed by atoms with van der Waals surface area (Å²) in [5.41, 5.74) is -0.372. The van der Waals surface area contributed by atoms with Gasteiger partial charge >= 0.3 is 0 Å². The van der Waals surface area contributed by atoms with Crippen molar-refractivity contribution in [3.8, 4) is 5.75 Å². The van der Waals surface area contributed by atoms with E-state index in [0.717, 1.165) is 18.6 Å². The van der Waals surface area contributed by atoms with Gasteiger partial charge in [-0.1, -0.05) is 20.8 Å². The van der Waals surface area contributed by atoms with Crippen LogP contribution in [0, 0.1) is 15.5 Å². The van der Waals surface area contributed by atoms with Gasteiger partial charge in [0, 0.05) is 12.6 Å². The number of nitro benzene ring substituents is 1. The van der Waals surface area contributed by atoms with Gasteiger partial charge in [0.2, 0.25) is 0 Å². The van der Waals surface area contributed by atoms with Crippen molar-refractivity contribution in [2.24, 2.45) is 5.41 Å². The molecule has 0 atom stereocenters. The summed E-state index contributed by atoms with van der Waals surface area (Å²) >= 11 is 0. The molecule has 0 bridgehead atoms. The quantitative estimate of drug-likeness (QED) is 0.646. The van der Waals surface area contributed by atoms with E-state index in [1.54, 1.807) is 0 Å². The lowest BCUT2D eigenvalue weighted by molar-refractivity contribution is -0.385. The second kappa shape index (κ2) is 5.69. The zero-order valence-electron chi connectivity index (χ0n) is 11.3. The molecule has 0 heterocycles. The van der Waals surface area contributed by atoms with Crippen LogP contribution in [0.25, 0.3) is 0 Å². The van der Waals surface area contributed by atoms with E-state index in [0.29, 0.717) is 6.54 Å². The molecule has 0 aliphatic heterocycles. The number of carbonyl (C=O) groups is 1.